The van der Waals surface area contributed by atoms with Gasteiger partial charge in [0, 0.05) is 12.1 Å². The minimum atomic E-state index is -1.09. The SMILES string of the molecule is C[C@@H](NCc1ccc(F)cc1)c1onc(-c2ccccc2)c1C(=O)O. The van der Waals surface area contributed by atoms with Gasteiger partial charge in [0.15, 0.2) is 5.76 Å². The number of aromatic carboxylic acids is 1. The molecule has 1 heterocycles. The molecule has 0 radical (unpaired) electrons. The highest BCUT2D eigenvalue weighted by Crippen LogP contribution is 2.29. The van der Waals surface area contributed by atoms with Crippen molar-refractivity contribution in [3.05, 3.63) is 77.3 Å². The number of halogens is 1. The van der Waals surface area contributed by atoms with Gasteiger partial charge in [-0.15, -0.1) is 0 Å². The highest BCUT2D eigenvalue weighted by Gasteiger charge is 2.26. The van der Waals surface area contributed by atoms with Crippen molar-refractivity contribution in [2.45, 2.75) is 19.5 Å². The number of nitrogens with zero attached hydrogens (tertiary/aromatic N) is 1. The minimum Gasteiger partial charge on any atom is -0.477 e. The summed E-state index contributed by atoms with van der Waals surface area (Å²) in [5, 5.41) is 16.7. The van der Waals surface area contributed by atoms with E-state index in [1.165, 1.54) is 12.1 Å². The quantitative estimate of drug-likeness (QED) is 0.708. The Morgan fingerprint density at radius 1 is 1.20 bits per heavy atom. The van der Waals surface area contributed by atoms with Gasteiger partial charge in [0.2, 0.25) is 0 Å². The Bertz CT molecular complexity index is 860. The molecule has 0 unspecified atom stereocenters. The fourth-order valence-electron chi connectivity index (χ4n) is 2.56. The van der Waals surface area contributed by atoms with Crippen molar-refractivity contribution >= 4 is 5.97 Å². The first kappa shape index (κ1) is 16.9. The molecule has 1 aromatic heterocycles. The topological polar surface area (TPSA) is 75.4 Å². The Balaban J connectivity index is 1.82. The average molecular weight is 340 g/mol. The van der Waals surface area contributed by atoms with Gasteiger partial charge in [-0.25, -0.2) is 9.18 Å². The van der Waals surface area contributed by atoms with Crippen LogP contribution in [0.4, 0.5) is 4.39 Å². The van der Waals surface area contributed by atoms with Crippen LogP contribution in [-0.4, -0.2) is 16.2 Å². The molecule has 0 spiro atoms. The first-order valence-electron chi connectivity index (χ1n) is 7.82. The Morgan fingerprint density at radius 2 is 1.88 bits per heavy atom. The molecule has 0 aliphatic rings. The van der Waals surface area contributed by atoms with Gasteiger partial charge in [-0.05, 0) is 24.6 Å². The number of nitrogens with one attached hydrogen (secondary N) is 1. The molecule has 0 saturated carbocycles. The molecule has 0 bridgehead atoms. The summed E-state index contributed by atoms with van der Waals surface area (Å²) < 4.78 is 18.3. The largest absolute Gasteiger partial charge is 0.477 e. The maximum absolute atomic E-state index is 12.9. The smallest absolute Gasteiger partial charge is 0.341 e. The third-order valence-electron chi connectivity index (χ3n) is 3.90. The van der Waals surface area contributed by atoms with Crippen molar-refractivity contribution in [1.29, 1.82) is 0 Å². The molecule has 3 rings (SSSR count). The second-order valence-electron chi connectivity index (χ2n) is 5.67. The monoisotopic (exact) mass is 340 g/mol. The summed E-state index contributed by atoms with van der Waals surface area (Å²) >= 11 is 0. The second kappa shape index (κ2) is 7.27. The van der Waals surface area contributed by atoms with Crippen molar-refractivity contribution in [3.8, 4) is 11.3 Å². The summed E-state index contributed by atoms with van der Waals surface area (Å²) in [6, 6.07) is 14.8. The zero-order valence-electron chi connectivity index (χ0n) is 13.6. The molecular formula is C19H17FN2O3. The number of carbonyl (C=O) groups is 1. The van der Waals surface area contributed by atoms with E-state index in [1.54, 1.807) is 31.2 Å². The predicted molar refractivity (Wildman–Crippen MR) is 90.6 cm³/mol. The normalized spacial score (nSPS) is 12.1. The van der Waals surface area contributed by atoms with Gasteiger partial charge in [-0.1, -0.05) is 47.6 Å². The Morgan fingerprint density at radius 3 is 2.52 bits per heavy atom. The number of hydrogen-bond acceptors (Lipinski definition) is 4. The molecule has 0 aliphatic carbocycles. The lowest BCUT2D eigenvalue weighted by atomic mass is 10.0. The molecule has 1 atom stereocenters. The molecule has 128 valence electrons. The van der Waals surface area contributed by atoms with Crippen LogP contribution in [0.3, 0.4) is 0 Å². The maximum atomic E-state index is 12.9. The van der Waals surface area contributed by atoms with E-state index in [2.05, 4.69) is 10.5 Å². The van der Waals surface area contributed by atoms with E-state index in [0.29, 0.717) is 17.8 Å². The van der Waals surface area contributed by atoms with Gasteiger partial charge >= 0.3 is 5.97 Å². The van der Waals surface area contributed by atoms with Gasteiger partial charge in [-0.2, -0.15) is 0 Å². The molecule has 0 saturated heterocycles. The summed E-state index contributed by atoms with van der Waals surface area (Å²) in [4.78, 5) is 11.7. The molecule has 0 amide bonds. The van der Waals surface area contributed by atoms with Crippen molar-refractivity contribution in [1.82, 2.24) is 10.5 Å². The summed E-state index contributed by atoms with van der Waals surface area (Å²) in [6.07, 6.45) is 0. The van der Waals surface area contributed by atoms with E-state index in [9.17, 15) is 14.3 Å². The standard InChI is InChI=1S/C19H17FN2O3/c1-12(21-11-13-7-9-15(20)10-8-13)18-16(19(23)24)17(22-25-18)14-5-3-2-4-6-14/h2-10,12,21H,11H2,1H3,(H,23,24)/t12-/m1/s1. The second-order valence-corrected chi connectivity index (χ2v) is 5.67. The summed E-state index contributed by atoms with van der Waals surface area (Å²) in [6.45, 7) is 2.24. The van der Waals surface area contributed by atoms with Crippen molar-refractivity contribution < 1.29 is 18.8 Å². The fourth-order valence-corrected chi connectivity index (χ4v) is 2.56. The molecule has 2 N–H and O–H groups in total. The minimum absolute atomic E-state index is 0.0466. The van der Waals surface area contributed by atoms with Crippen LogP contribution >= 0.6 is 0 Å². The molecule has 2 aromatic carbocycles. The van der Waals surface area contributed by atoms with Gasteiger partial charge in [0.05, 0.1) is 6.04 Å². The summed E-state index contributed by atoms with van der Waals surface area (Å²) in [5.74, 6) is -1.13. The maximum Gasteiger partial charge on any atom is 0.341 e. The van der Waals surface area contributed by atoms with Gasteiger partial charge < -0.3 is 14.9 Å². The van der Waals surface area contributed by atoms with Crippen LogP contribution in [-0.2, 0) is 6.54 Å². The zero-order valence-corrected chi connectivity index (χ0v) is 13.6. The van der Waals surface area contributed by atoms with Gasteiger partial charge in [-0.3, -0.25) is 0 Å². The fraction of sp³-hybridized carbons (Fsp3) is 0.158. The predicted octanol–water partition coefficient (Wildman–Crippen LogP) is 4.03. The third kappa shape index (κ3) is 3.75. The van der Waals surface area contributed by atoms with E-state index >= 15 is 0 Å². The molecule has 6 heteroatoms. The van der Waals surface area contributed by atoms with Crippen molar-refractivity contribution in [2.75, 3.05) is 0 Å². The molecule has 5 nitrogen and oxygen atoms in total. The van der Waals surface area contributed by atoms with E-state index in [1.807, 2.05) is 18.2 Å². The Hall–Kier alpha value is -2.99. The van der Waals surface area contributed by atoms with Crippen LogP contribution in [0.25, 0.3) is 11.3 Å². The van der Waals surface area contributed by atoms with Crippen molar-refractivity contribution in [2.24, 2.45) is 0 Å². The lowest BCUT2D eigenvalue weighted by Gasteiger charge is -2.12. The molecule has 0 aliphatic heterocycles. The first-order valence-corrected chi connectivity index (χ1v) is 7.82. The third-order valence-corrected chi connectivity index (χ3v) is 3.90. The summed E-state index contributed by atoms with van der Waals surface area (Å²) in [5.41, 5.74) is 1.91. The van der Waals surface area contributed by atoms with Crippen LogP contribution in [0.1, 0.15) is 34.6 Å². The number of carboxylic acids is 1. The summed E-state index contributed by atoms with van der Waals surface area (Å²) in [7, 11) is 0. The van der Waals surface area contributed by atoms with Crippen molar-refractivity contribution in [3.63, 3.8) is 0 Å². The number of rotatable bonds is 6. The van der Waals surface area contributed by atoms with Crippen LogP contribution in [0, 0.1) is 5.82 Å². The number of hydrogen-bond donors (Lipinski definition) is 2. The number of benzene rings is 2. The molecule has 3 aromatic rings. The lowest BCUT2D eigenvalue weighted by Crippen LogP contribution is -2.19. The van der Waals surface area contributed by atoms with E-state index in [4.69, 9.17) is 4.52 Å². The van der Waals surface area contributed by atoms with Crippen LogP contribution in [0.5, 0.6) is 0 Å². The van der Waals surface area contributed by atoms with Crippen LogP contribution in [0.2, 0.25) is 0 Å². The molecular weight excluding hydrogens is 323 g/mol. The highest BCUT2D eigenvalue weighted by atomic mass is 19.1. The van der Waals surface area contributed by atoms with Crippen LogP contribution in [0.15, 0.2) is 59.1 Å². The zero-order chi connectivity index (χ0) is 17.8. The highest BCUT2D eigenvalue weighted by molar-refractivity contribution is 5.95. The van der Waals surface area contributed by atoms with E-state index < -0.39 is 5.97 Å². The van der Waals surface area contributed by atoms with E-state index in [0.717, 1.165) is 5.56 Å². The number of aromatic nitrogens is 1. The molecule has 0 fully saturated rings. The van der Waals surface area contributed by atoms with Gasteiger partial charge in [0.1, 0.15) is 17.1 Å². The average Bonchev–Trinajstić information content (AvgIpc) is 3.07. The lowest BCUT2D eigenvalue weighted by molar-refractivity contribution is 0.0694. The van der Waals surface area contributed by atoms with Crippen LogP contribution < -0.4 is 5.32 Å². The first-order chi connectivity index (χ1) is 12.1. The number of carboxylic acid groups (broad SMARTS) is 1. The van der Waals surface area contributed by atoms with E-state index in [-0.39, 0.29) is 23.2 Å². The van der Waals surface area contributed by atoms with Gasteiger partial charge in [0.25, 0.3) is 0 Å². The Labute approximate surface area is 144 Å². The Kier molecular flexibility index (Phi) is 4.90. The molecule has 25 heavy (non-hydrogen) atoms.